The third kappa shape index (κ3) is 4.81. The maximum Gasteiger partial charge on any atom is 0.118 e. The number of hydrazine groups is 1. The molecule has 2 aromatic carbocycles. The highest BCUT2D eigenvalue weighted by atomic mass is 16.5. The zero-order valence-corrected chi connectivity index (χ0v) is 19.1. The molecule has 1 aliphatic heterocycles. The summed E-state index contributed by atoms with van der Waals surface area (Å²) in [5, 5.41) is 8.52. The van der Waals surface area contributed by atoms with Crippen LogP contribution in [0.5, 0.6) is 0 Å². The lowest BCUT2D eigenvalue weighted by atomic mass is 9.92. The van der Waals surface area contributed by atoms with Gasteiger partial charge in [0.05, 0.1) is 18.8 Å². The lowest BCUT2D eigenvalue weighted by Crippen LogP contribution is -2.31. The van der Waals surface area contributed by atoms with Gasteiger partial charge in [-0.25, -0.2) is 5.84 Å². The van der Waals surface area contributed by atoms with E-state index in [-0.39, 0.29) is 6.04 Å². The van der Waals surface area contributed by atoms with Gasteiger partial charge in [0.1, 0.15) is 5.76 Å². The van der Waals surface area contributed by atoms with Crippen LogP contribution >= 0.6 is 0 Å². The van der Waals surface area contributed by atoms with Gasteiger partial charge in [-0.2, -0.15) is 0 Å². The van der Waals surface area contributed by atoms with Crippen LogP contribution in [0.2, 0.25) is 0 Å². The number of nitrogens with one attached hydrogen (secondary N) is 2. The number of ether oxygens (including phenoxy) is 1. The molecule has 3 rings (SSSR count). The number of rotatable bonds is 7. The molecule has 2 aromatic rings. The molecule has 1 atom stereocenters. The minimum atomic E-state index is 0.0463. The summed E-state index contributed by atoms with van der Waals surface area (Å²) < 4.78 is 5.23. The van der Waals surface area contributed by atoms with Crippen molar-refractivity contribution in [3.63, 3.8) is 0 Å². The second-order valence-electron chi connectivity index (χ2n) is 7.81. The molecular formula is C26H33N5O. The molecule has 6 N–H and O–H groups in total. The van der Waals surface area contributed by atoms with Crippen molar-refractivity contribution >= 4 is 22.7 Å². The van der Waals surface area contributed by atoms with Crippen molar-refractivity contribution in [3.05, 3.63) is 95.8 Å². The molecule has 0 amide bonds. The van der Waals surface area contributed by atoms with Crippen LogP contribution in [-0.2, 0) is 4.74 Å². The minimum Gasteiger partial charge on any atom is -0.497 e. The number of anilines is 1. The van der Waals surface area contributed by atoms with Crippen LogP contribution in [-0.4, -0.2) is 25.7 Å². The molecule has 168 valence electrons. The zero-order chi connectivity index (χ0) is 23.3. The smallest absolute Gasteiger partial charge is 0.118 e. The van der Waals surface area contributed by atoms with E-state index in [1.165, 1.54) is 0 Å². The maximum atomic E-state index is 6.40. The Hall–Kier alpha value is -3.64. The molecule has 0 spiro atoms. The monoisotopic (exact) mass is 431 g/mol. The Balaban J connectivity index is 2.06. The van der Waals surface area contributed by atoms with Crippen molar-refractivity contribution in [2.45, 2.75) is 19.4 Å². The zero-order valence-electron chi connectivity index (χ0n) is 19.1. The molecule has 0 bridgehead atoms. The van der Waals surface area contributed by atoms with Crippen LogP contribution in [0, 0.1) is 0 Å². The summed E-state index contributed by atoms with van der Waals surface area (Å²) in [6, 6.07) is 14.5. The largest absolute Gasteiger partial charge is 0.497 e. The normalized spacial score (nSPS) is 17.7. The summed E-state index contributed by atoms with van der Waals surface area (Å²) in [5.41, 5.74) is 14.0. The van der Waals surface area contributed by atoms with E-state index in [1.807, 2.05) is 50.5 Å². The van der Waals surface area contributed by atoms with Gasteiger partial charge in [-0.3, -0.25) is 0 Å². The first-order chi connectivity index (χ1) is 15.4. The third-order valence-electron chi connectivity index (χ3n) is 5.65. The second kappa shape index (κ2) is 10.1. The predicted octanol–water partition coefficient (Wildman–Crippen LogP) is 4.43. The third-order valence-corrected chi connectivity index (χ3v) is 5.65. The highest BCUT2D eigenvalue weighted by Crippen LogP contribution is 2.36. The van der Waals surface area contributed by atoms with Gasteiger partial charge in [-0.1, -0.05) is 31.4 Å². The summed E-state index contributed by atoms with van der Waals surface area (Å²) in [6.07, 6.45) is 4.60. The molecular weight excluding hydrogens is 398 g/mol. The lowest BCUT2D eigenvalue weighted by Gasteiger charge is -2.22. The van der Waals surface area contributed by atoms with Gasteiger partial charge < -0.3 is 26.1 Å². The summed E-state index contributed by atoms with van der Waals surface area (Å²) in [5.74, 6) is 7.04. The van der Waals surface area contributed by atoms with Gasteiger partial charge in [-0.05, 0) is 60.4 Å². The van der Waals surface area contributed by atoms with E-state index in [0.29, 0.717) is 18.0 Å². The highest BCUT2D eigenvalue weighted by molar-refractivity contribution is 5.78. The van der Waals surface area contributed by atoms with E-state index in [0.717, 1.165) is 45.6 Å². The van der Waals surface area contributed by atoms with Crippen molar-refractivity contribution < 1.29 is 4.74 Å². The van der Waals surface area contributed by atoms with E-state index in [2.05, 4.69) is 42.0 Å². The number of hydrogen-bond acceptors (Lipinski definition) is 6. The van der Waals surface area contributed by atoms with Gasteiger partial charge in [0, 0.05) is 42.3 Å². The van der Waals surface area contributed by atoms with E-state index in [1.54, 1.807) is 12.1 Å². The second-order valence-corrected chi connectivity index (χ2v) is 7.81. The van der Waals surface area contributed by atoms with Crippen LogP contribution in [0.4, 0.5) is 5.69 Å². The first-order valence-electron chi connectivity index (χ1n) is 10.6. The fourth-order valence-electron chi connectivity index (χ4n) is 4.01. The van der Waals surface area contributed by atoms with Gasteiger partial charge in [0.2, 0.25) is 0 Å². The van der Waals surface area contributed by atoms with Crippen LogP contribution in [0.1, 0.15) is 41.6 Å². The molecule has 32 heavy (non-hydrogen) atoms. The Kier molecular flexibility index (Phi) is 7.28. The van der Waals surface area contributed by atoms with Crippen LogP contribution in [0.3, 0.4) is 0 Å². The van der Waals surface area contributed by atoms with Crippen LogP contribution in [0.25, 0.3) is 17.0 Å². The van der Waals surface area contributed by atoms with E-state index >= 15 is 0 Å². The van der Waals surface area contributed by atoms with E-state index < -0.39 is 0 Å². The average Bonchev–Trinajstić information content (AvgIpc) is 2.93. The predicted molar refractivity (Wildman–Crippen MR) is 135 cm³/mol. The molecule has 0 aromatic heterocycles. The molecule has 0 saturated carbocycles. The van der Waals surface area contributed by atoms with Gasteiger partial charge in [0.15, 0.2) is 0 Å². The summed E-state index contributed by atoms with van der Waals surface area (Å²) in [7, 11) is 3.50. The van der Waals surface area contributed by atoms with Crippen LogP contribution in [0.15, 0.2) is 73.6 Å². The van der Waals surface area contributed by atoms with E-state index in [4.69, 9.17) is 16.3 Å². The van der Waals surface area contributed by atoms with Gasteiger partial charge in [-0.15, -0.1) is 0 Å². The highest BCUT2D eigenvalue weighted by Gasteiger charge is 2.26. The van der Waals surface area contributed by atoms with Crippen molar-refractivity contribution in [2.75, 3.05) is 26.0 Å². The standard InChI is InChI=1S/C26H33N5O/c1-6-19(16-29-4)21-9-12-23-24(15-21)25(13-14-31(28)26(23)17(2)27)30-22-10-7-20(8-11-22)18(3)32-5/h6-12,15-16,25,29-30H,1,3,13-14,27-28H2,2,4-5H3/b19-16+,26-17-. The maximum absolute atomic E-state index is 6.40. The molecule has 6 nitrogen and oxygen atoms in total. The number of benzene rings is 2. The Bertz CT molecular complexity index is 1050. The molecule has 0 saturated heterocycles. The molecule has 0 fully saturated rings. The Morgan fingerprint density at radius 1 is 1.19 bits per heavy atom. The summed E-state index contributed by atoms with van der Waals surface area (Å²) in [6.45, 7) is 10.4. The number of fused-ring (bicyclic) bond motifs is 1. The molecule has 0 aliphatic carbocycles. The average molecular weight is 432 g/mol. The SMILES string of the molecule is C=C/C(=C\NC)c1ccc2c(c1)C(Nc1ccc(C(=C)OC)cc1)CCN(N)/C2=C(/C)N. The fourth-order valence-corrected chi connectivity index (χ4v) is 4.01. The van der Waals surface area contributed by atoms with Crippen molar-refractivity contribution in [1.29, 1.82) is 0 Å². The first-order valence-corrected chi connectivity index (χ1v) is 10.6. The summed E-state index contributed by atoms with van der Waals surface area (Å²) >= 11 is 0. The fraction of sp³-hybridized carbons (Fsp3) is 0.231. The van der Waals surface area contributed by atoms with Gasteiger partial charge in [0.25, 0.3) is 0 Å². The Morgan fingerprint density at radius 2 is 1.88 bits per heavy atom. The van der Waals surface area contributed by atoms with E-state index in [9.17, 15) is 0 Å². The molecule has 1 heterocycles. The minimum absolute atomic E-state index is 0.0463. The molecule has 1 aliphatic rings. The van der Waals surface area contributed by atoms with Crippen LogP contribution < -0.4 is 22.2 Å². The Labute approximate surface area is 190 Å². The number of nitrogens with two attached hydrogens (primary N) is 2. The number of nitrogens with zero attached hydrogens (tertiary/aromatic N) is 1. The lowest BCUT2D eigenvalue weighted by molar-refractivity contribution is 0.371. The summed E-state index contributed by atoms with van der Waals surface area (Å²) in [4.78, 5) is 0. The first kappa shape index (κ1) is 23.0. The van der Waals surface area contributed by atoms with Crippen molar-refractivity contribution in [3.8, 4) is 0 Å². The molecule has 1 unspecified atom stereocenters. The molecule has 0 radical (unpaired) electrons. The number of hydrogen-bond donors (Lipinski definition) is 4. The Morgan fingerprint density at radius 3 is 2.47 bits per heavy atom. The quantitative estimate of drug-likeness (QED) is 0.295. The van der Waals surface area contributed by atoms with Gasteiger partial charge >= 0.3 is 0 Å². The number of methoxy groups -OCH3 is 1. The molecule has 6 heteroatoms. The van der Waals surface area contributed by atoms with Crippen molar-refractivity contribution in [1.82, 2.24) is 10.3 Å². The number of allylic oxidation sites excluding steroid dienone is 3. The topological polar surface area (TPSA) is 88.6 Å². The van der Waals surface area contributed by atoms with Crippen molar-refractivity contribution in [2.24, 2.45) is 11.6 Å².